The van der Waals surface area contributed by atoms with E-state index >= 15 is 0 Å². The Labute approximate surface area is 192 Å². The number of rotatable bonds is 6. The zero-order valence-electron chi connectivity index (χ0n) is 16.3. The second-order valence-electron chi connectivity index (χ2n) is 6.67. The number of nitrogens with one attached hydrogen (secondary N) is 2. The van der Waals surface area contributed by atoms with Crippen molar-refractivity contribution in [2.24, 2.45) is 0 Å². The molecule has 2 N–H and O–H groups in total. The van der Waals surface area contributed by atoms with E-state index in [1.54, 1.807) is 24.3 Å². The van der Waals surface area contributed by atoms with Gasteiger partial charge in [0.1, 0.15) is 0 Å². The van der Waals surface area contributed by atoms with Gasteiger partial charge in [-0.15, -0.1) is 10.2 Å². The van der Waals surface area contributed by atoms with Crippen LogP contribution in [-0.2, 0) is 0 Å². The molecule has 0 saturated heterocycles. The molecule has 0 atom stereocenters. The molecule has 0 bridgehead atoms. The van der Waals surface area contributed by atoms with Crippen LogP contribution in [0.15, 0.2) is 81.6 Å². The van der Waals surface area contributed by atoms with Crippen LogP contribution in [0.1, 0.15) is 0 Å². The fraction of sp³-hybridized carbons (Fsp3) is 0. The molecule has 8 nitrogen and oxygen atoms in total. The van der Waals surface area contributed by atoms with Crippen molar-refractivity contribution >= 4 is 46.6 Å². The van der Waals surface area contributed by atoms with Crippen molar-refractivity contribution in [3.05, 3.63) is 82.8 Å². The van der Waals surface area contributed by atoms with Gasteiger partial charge < -0.3 is 19.5 Å². The number of aromatic nitrogens is 4. The van der Waals surface area contributed by atoms with Crippen molar-refractivity contribution in [3.63, 3.8) is 0 Å². The molecule has 158 valence electrons. The summed E-state index contributed by atoms with van der Waals surface area (Å²) in [6.07, 6.45) is 0. The Morgan fingerprint density at radius 3 is 1.41 bits per heavy atom. The number of hydrogen-bond acceptors (Lipinski definition) is 8. The number of nitrogens with zero attached hydrogens (tertiary/aromatic N) is 4. The standard InChI is InChI=1S/C22H14Cl2N6O2/c23-15-3-1-5-17(11-15)25-21-29-27-19(31-21)13-7-9-14(10-8-13)20-28-30-22(32-20)26-18-6-2-4-16(24)12-18/h1-12H,(H,25,29)(H,26,30). The van der Waals surface area contributed by atoms with Gasteiger partial charge in [0.05, 0.1) is 0 Å². The van der Waals surface area contributed by atoms with Gasteiger partial charge in [0.25, 0.3) is 0 Å². The van der Waals surface area contributed by atoms with Crippen LogP contribution in [0.4, 0.5) is 23.4 Å². The highest BCUT2D eigenvalue weighted by molar-refractivity contribution is 6.31. The average molecular weight is 465 g/mol. The average Bonchev–Trinajstić information content (AvgIpc) is 3.44. The van der Waals surface area contributed by atoms with Crippen molar-refractivity contribution < 1.29 is 8.83 Å². The third kappa shape index (κ3) is 4.56. The summed E-state index contributed by atoms with van der Waals surface area (Å²) < 4.78 is 11.4. The fourth-order valence-corrected chi connectivity index (χ4v) is 3.30. The summed E-state index contributed by atoms with van der Waals surface area (Å²) in [7, 11) is 0. The molecule has 3 aromatic carbocycles. The van der Waals surface area contributed by atoms with Crippen LogP contribution in [0.25, 0.3) is 22.9 Å². The lowest BCUT2D eigenvalue weighted by Crippen LogP contribution is -1.89. The molecule has 5 aromatic rings. The van der Waals surface area contributed by atoms with E-state index in [0.29, 0.717) is 21.8 Å². The van der Waals surface area contributed by atoms with E-state index in [4.69, 9.17) is 32.0 Å². The van der Waals surface area contributed by atoms with Gasteiger partial charge >= 0.3 is 12.0 Å². The fourth-order valence-electron chi connectivity index (χ4n) is 2.92. The van der Waals surface area contributed by atoms with Gasteiger partial charge in [0.2, 0.25) is 11.8 Å². The number of hydrogen-bond donors (Lipinski definition) is 2. The lowest BCUT2D eigenvalue weighted by Gasteiger charge is -2.01. The minimum Gasteiger partial charge on any atom is -0.403 e. The molecule has 10 heteroatoms. The van der Waals surface area contributed by atoms with Crippen LogP contribution in [0.3, 0.4) is 0 Å². The maximum atomic E-state index is 5.99. The number of halogens is 2. The van der Waals surface area contributed by atoms with Crippen LogP contribution in [0.2, 0.25) is 10.0 Å². The molecule has 32 heavy (non-hydrogen) atoms. The molecule has 0 amide bonds. The summed E-state index contributed by atoms with van der Waals surface area (Å²) >= 11 is 12.0. The summed E-state index contributed by atoms with van der Waals surface area (Å²) in [6, 6.07) is 22.3. The Hall–Kier alpha value is -3.88. The first-order valence-corrected chi connectivity index (χ1v) is 10.2. The van der Waals surface area contributed by atoms with E-state index in [9.17, 15) is 0 Å². The third-order valence-corrected chi connectivity index (χ3v) is 4.85. The molecule has 0 spiro atoms. The molecule has 5 rings (SSSR count). The van der Waals surface area contributed by atoms with Crippen molar-refractivity contribution in [3.8, 4) is 22.9 Å². The highest BCUT2D eigenvalue weighted by atomic mass is 35.5. The minimum absolute atomic E-state index is 0.264. The Morgan fingerprint density at radius 1 is 0.562 bits per heavy atom. The zero-order chi connectivity index (χ0) is 21.9. The maximum Gasteiger partial charge on any atom is 0.320 e. The predicted octanol–water partition coefficient (Wildman–Crippen LogP) is 6.58. The van der Waals surface area contributed by atoms with E-state index in [2.05, 4.69) is 31.0 Å². The van der Waals surface area contributed by atoms with E-state index in [0.717, 1.165) is 22.5 Å². The van der Waals surface area contributed by atoms with Crippen molar-refractivity contribution in [2.75, 3.05) is 10.6 Å². The largest absolute Gasteiger partial charge is 0.403 e. The highest BCUT2D eigenvalue weighted by Gasteiger charge is 2.12. The Bertz CT molecular complexity index is 1260. The summed E-state index contributed by atoms with van der Waals surface area (Å²) in [5.74, 6) is 0.741. The summed E-state index contributed by atoms with van der Waals surface area (Å²) in [4.78, 5) is 0. The molecular weight excluding hydrogens is 451 g/mol. The van der Waals surface area contributed by atoms with Gasteiger partial charge in [-0.2, -0.15) is 0 Å². The monoisotopic (exact) mass is 464 g/mol. The Balaban J connectivity index is 1.29. The quantitative estimate of drug-likeness (QED) is 0.290. The Kier molecular flexibility index (Phi) is 5.45. The highest BCUT2D eigenvalue weighted by Crippen LogP contribution is 2.27. The normalized spacial score (nSPS) is 10.8. The van der Waals surface area contributed by atoms with Crippen LogP contribution in [-0.4, -0.2) is 20.4 Å². The molecule has 0 radical (unpaired) electrons. The zero-order valence-corrected chi connectivity index (χ0v) is 17.8. The Morgan fingerprint density at radius 2 is 1.00 bits per heavy atom. The topological polar surface area (TPSA) is 102 Å². The third-order valence-electron chi connectivity index (χ3n) is 4.38. The van der Waals surface area contributed by atoms with Crippen LogP contribution < -0.4 is 10.6 Å². The van der Waals surface area contributed by atoms with Crippen LogP contribution in [0, 0.1) is 0 Å². The van der Waals surface area contributed by atoms with Gasteiger partial charge in [-0.25, -0.2) is 0 Å². The van der Waals surface area contributed by atoms with E-state index in [1.807, 2.05) is 48.5 Å². The summed E-state index contributed by atoms with van der Waals surface area (Å²) in [6.45, 7) is 0. The molecule has 0 unspecified atom stereocenters. The molecule has 0 aliphatic carbocycles. The number of anilines is 4. The second kappa shape index (κ2) is 8.70. The van der Waals surface area contributed by atoms with E-state index < -0.39 is 0 Å². The molecule has 2 heterocycles. The molecule has 0 fully saturated rings. The lowest BCUT2D eigenvalue weighted by atomic mass is 10.1. The number of benzene rings is 3. The first-order chi connectivity index (χ1) is 15.6. The second-order valence-corrected chi connectivity index (χ2v) is 7.55. The van der Waals surface area contributed by atoms with Crippen molar-refractivity contribution in [2.45, 2.75) is 0 Å². The van der Waals surface area contributed by atoms with E-state index in [1.165, 1.54) is 0 Å². The molecule has 0 aliphatic rings. The van der Waals surface area contributed by atoms with Gasteiger partial charge in [-0.1, -0.05) is 45.5 Å². The predicted molar refractivity (Wildman–Crippen MR) is 122 cm³/mol. The smallest absolute Gasteiger partial charge is 0.320 e. The first kappa shape index (κ1) is 20.0. The SMILES string of the molecule is Clc1cccc(Nc2nnc(-c3ccc(-c4nnc(Nc5cccc(Cl)c5)o4)cc3)o2)c1. The molecule has 0 aliphatic heterocycles. The van der Waals surface area contributed by atoms with Gasteiger partial charge in [-0.3, -0.25) is 0 Å². The molecular formula is C22H14Cl2N6O2. The maximum absolute atomic E-state index is 5.99. The van der Waals surface area contributed by atoms with Gasteiger partial charge in [0, 0.05) is 32.5 Å². The first-order valence-electron chi connectivity index (χ1n) is 9.45. The van der Waals surface area contributed by atoms with Gasteiger partial charge in [0.15, 0.2) is 0 Å². The van der Waals surface area contributed by atoms with E-state index in [-0.39, 0.29) is 12.0 Å². The van der Waals surface area contributed by atoms with Crippen molar-refractivity contribution in [1.82, 2.24) is 20.4 Å². The van der Waals surface area contributed by atoms with Gasteiger partial charge in [-0.05, 0) is 60.7 Å². The molecule has 2 aromatic heterocycles. The van der Waals surface area contributed by atoms with Crippen LogP contribution in [0.5, 0.6) is 0 Å². The summed E-state index contributed by atoms with van der Waals surface area (Å²) in [5.41, 5.74) is 3.00. The minimum atomic E-state index is 0.264. The van der Waals surface area contributed by atoms with Crippen molar-refractivity contribution in [1.29, 1.82) is 0 Å². The van der Waals surface area contributed by atoms with Crippen LogP contribution >= 0.6 is 23.2 Å². The lowest BCUT2D eigenvalue weighted by molar-refractivity contribution is 0.585. The summed E-state index contributed by atoms with van der Waals surface area (Å²) in [5, 5.41) is 23.5. The molecule has 0 saturated carbocycles.